The fourth-order valence-corrected chi connectivity index (χ4v) is 2.40. The molecule has 0 fully saturated rings. The van der Waals surface area contributed by atoms with E-state index < -0.39 is 30.0 Å². The van der Waals surface area contributed by atoms with Crippen LogP contribution in [-0.4, -0.2) is 36.6 Å². The summed E-state index contributed by atoms with van der Waals surface area (Å²) in [6.45, 7) is 1.45. The first-order valence-corrected chi connectivity index (χ1v) is 8.24. The van der Waals surface area contributed by atoms with Gasteiger partial charge in [0.15, 0.2) is 17.6 Å². The number of benzene rings is 2. The highest BCUT2D eigenvalue weighted by Gasteiger charge is 2.31. The Kier molecular flexibility index (Phi) is 5.25. The smallest absolute Gasteiger partial charge is 0.351 e. The van der Waals surface area contributed by atoms with Crippen LogP contribution in [0.4, 0.5) is 5.69 Å². The first kappa shape index (κ1) is 18.2. The molecule has 2 atom stereocenters. The Hall–Kier alpha value is -3.55. The van der Waals surface area contributed by atoms with E-state index in [9.17, 15) is 14.4 Å². The van der Waals surface area contributed by atoms with E-state index >= 15 is 0 Å². The molecular formula is C19H18N2O6. The van der Waals surface area contributed by atoms with Gasteiger partial charge in [-0.05, 0) is 43.3 Å². The van der Waals surface area contributed by atoms with Crippen molar-refractivity contribution in [1.82, 2.24) is 0 Å². The van der Waals surface area contributed by atoms with Crippen molar-refractivity contribution in [2.24, 2.45) is 5.73 Å². The number of carbonyl (C=O) groups is 3. The minimum Gasteiger partial charge on any atom is -0.485 e. The van der Waals surface area contributed by atoms with Gasteiger partial charge < -0.3 is 25.3 Å². The lowest BCUT2D eigenvalue weighted by atomic mass is 10.2. The zero-order valence-electron chi connectivity index (χ0n) is 14.5. The van der Waals surface area contributed by atoms with Crippen molar-refractivity contribution >= 4 is 23.5 Å². The number of primary amides is 1. The molecule has 1 aliphatic heterocycles. The van der Waals surface area contributed by atoms with Crippen LogP contribution in [0.3, 0.4) is 0 Å². The number of carbonyl (C=O) groups excluding carboxylic acids is 3. The largest absolute Gasteiger partial charge is 0.485 e. The van der Waals surface area contributed by atoms with Gasteiger partial charge in [0.25, 0.3) is 5.91 Å². The lowest BCUT2D eigenvalue weighted by Crippen LogP contribution is -2.41. The molecule has 1 heterocycles. The summed E-state index contributed by atoms with van der Waals surface area (Å²) in [4.78, 5) is 35.5. The predicted octanol–water partition coefficient (Wildman–Crippen LogP) is 1.50. The van der Waals surface area contributed by atoms with Crippen molar-refractivity contribution in [2.45, 2.75) is 19.1 Å². The van der Waals surface area contributed by atoms with Gasteiger partial charge in [0.2, 0.25) is 12.0 Å². The Bertz CT molecular complexity index is 865. The number of ether oxygens (including phenoxy) is 3. The van der Waals surface area contributed by atoms with Gasteiger partial charge in [-0.25, -0.2) is 4.79 Å². The number of esters is 1. The van der Waals surface area contributed by atoms with Gasteiger partial charge in [-0.15, -0.1) is 0 Å². The van der Waals surface area contributed by atoms with Crippen molar-refractivity contribution < 1.29 is 28.6 Å². The van der Waals surface area contributed by atoms with Crippen LogP contribution in [0.25, 0.3) is 0 Å². The minimum absolute atomic E-state index is 0.00123. The molecule has 0 aromatic heterocycles. The molecule has 0 bridgehead atoms. The number of hydrogen-bond acceptors (Lipinski definition) is 6. The van der Waals surface area contributed by atoms with Gasteiger partial charge >= 0.3 is 5.97 Å². The van der Waals surface area contributed by atoms with E-state index in [0.717, 1.165) is 0 Å². The lowest BCUT2D eigenvalue weighted by Gasteiger charge is -2.25. The number of para-hydroxylation sites is 2. The van der Waals surface area contributed by atoms with Gasteiger partial charge in [-0.3, -0.25) is 9.59 Å². The molecule has 27 heavy (non-hydrogen) atoms. The molecule has 2 amide bonds. The van der Waals surface area contributed by atoms with Crippen molar-refractivity contribution in [1.29, 1.82) is 0 Å². The van der Waals surface area contributed by atoms with Gasteiger partial charge in [0, 0.05) is 11.3 Å². The number of anilines is 1. The van der Waals surface area contributed by atoms with Crippen LogP contribution in [0.15, 0.2) is 48.5 Å². The Morgan fingerprint density at radius 2 is 1.78 bits per heavy atom. The molecule has 0 unspecified atom stereocenters. The molecule has 140 valence electrons. The Morgan fingerprint density at radius 1 is 1.11 bits per heavy atom. The molecule has 0 spiro atoms. The highest BCUT2D eigenvalue weighted by atomic mass is 16.6. The zero-order chi connectivity index (χ0) is 19.4. The summed E-state index contributed by atoms with van der Waals surface area (Å²) < 4.78 is 16.2. The molecule has 0 aliphatic carbocycles. The van der Waals surface area contributed by atoms with E-state index in [0.29, 0.717) is 22.7 Å². The fourth-order valence-electron chi connectivity index (χ4n) is 2.40. The first-order chi connectivity index (χ1) is 12.9. The van der Waals surface area contributed by atoms with Crippen LogP contribution >= 0.6 is 0 Å². The van der Waals surface area contributed by atoms with Crippen LogP contribution in [0, 0.1) is 0 Å². The summed E-state index contributed by atoms with van der Waals surface area (Å²) in [7, 11) is 0. The number of hydrogen-bond donors (Lipinski definition) is 2. The van der Waals surface area contributed by atoms with E-state index in [4.69, 9.17) is 19.9 Å². The molecule has 1 aliphatic rings. The number of nitrogens with one attached hydrogen (secondary N) is 1. The van der Waals surface area contributed by atoms with E-state index in [1.807, 2.05) is 0 Å². The van der Waals surface area contributed by atoms with E-state index in [1.165, 1.54) is 31.2 Å². The molecule has 3 N–H and O–H groups in total. The maximum absolute atomic E-state index is 12.2. The Morgan fingerprint density at radius 3 is 2.44 bits per heavy atom. The van der Waals surface area contributed by atoms with E-state index in [1.54, 1.807) is 24.3 Å². The highest BCUT2D eigenvalue weighted by Crippen LogP contribution is 2.31. The van der Waals surface area contributed by atoms with Crippen LogP contribution in [-0.2, 0) is 14.3 Å². The number of amides is 2. The van der Waals surface area contributed by atoms with Crippen LogP contribution < -0.4 is 20.5 Å². The van der Waals surface area contributed by atoms with E-state index in [2.05, 4.69) is 5.32 Å². The van der Waals surface area contributed by atoms with Crippen LogP contribution in [0.1, 0.15) is 17.3 Å². The topological polar surface area (TPSA) is 117 Å². The fraction of sp³-hybridized carbons (Fsp3) is 0.211. The quantitative estimate of drug-likeness (QED) is 0.770. The monoisotopic (exact) mass is 370 g/mol. The van der Waals surface area contributed by atoms with Gasteiger partial charge in [0.1, 0.15) is 6.61 Å². The van der Waals surface area contributed by atoms with Crippen molar-refractivity contribution in [3.63, 3.8) is 0 Å². The van der Waals surface area contributed by atoms with Crippen LogP contribution in [0.5, 0.6) is 11.5 Å². The second kappa shape index (κ2) is 7.77. The molecule has 2 aromatic carbocycles. The molecular weight excluding hydrogens is 352 g/mol. The maximum atomic E-state index is 12.2. The minimum atomic E-state index is -1.05. The van der Waals surface area contributed by atoms with Crippen molar-refractivity contribution in [3.05, 3.63) is 54.1 Å². The summed E-state index contributed by atoms with van der Waals surface area (Å²) in [6.07, 6.45) is -2.00. The standard InChI is InChI=1S/C19H18N2O6/c1-11(18(23)21-13-8-6-12(7-9-13)17(20)22)26-19(24)16-10-25-14-4-2-3-5-15(14)27-16/h2-9,11,16H,10H2,1H3,(H2,20,22)(H,21,23)/t11-,16-/m1/s1. The van der Waals surface area contributed by atoms with Gasteiger partial charge in [-0.2, -0.15) is 0 Å². The number of rotatable bonds is 5. The Labute approximate surface area is 155 Å². The zero-order valence-corrected chi connectivity index (χ0v) is 14.5. The molecule has 0 radical (unpaired) electrons. The van der Waals surface area contributed by atoms with Crippen molar-refractivity contribution in [2.75, 3.05) is 11.9 Å². The SMILES string of the molecule is C[C@@H](OC(=O)[C@H]1COc2ccccc2O1)C(=O)Nc1ccc(C(N)=O)cc1. The summed E-state index contributed by atoms with van der Waals surface area (Å²) in [5, 5.41) is 2.59. The molecule has 8 nitrogen and oxygen atoms in total. The molecule has 8 heteroatoms. The van der Waals surface area contributed by atoms with Crippen LogP contribution in [0.2, 0.25) is 0 Å². The average molecular weight is 370 g/mol. The predicted molar refractivity (Wildman–Crippen MR) is 95.5 cm³/mol. The first-order valence-electron chi connectivity index (χ1n) is 8.24. The molecule has 0 saturated heterocycles. The lowest BCUT2D eigenvalue weighted by molar-refractivity contribution is -0.162. The third-order valence-electron chi connectivity index (χ3n) is 3.87. The van der Waals surface area contributed by atoms with E-state index in [-0.39, 0.29) is 6.61 Å². The summed E-state index contributed by atoms with van der Waals surface area (Å²) >= 11 is 0. The molecule has 2 aromatic rings. The second-order valence-corrected chi connectivity index (χ2v) is 5.87. The average Bonchev–Trinajstić information content (AvgIpc) is 2.67. The second-order valence-electron chi connectivity index (χ2n) is 5.87. The number of fused-ring (bicyclic) bond motifs is 1. The summed E-state index contributed by atoms with van der Waals surface area (Å²) in [6, 6.07) is 13.0. The summed E-state index contributed by atoms with van der Waals surface area (Å²) in [5.74, 6) is -0.793. The summed E-state index contributed by atoms with van der Waals surface area (Å²) in [5.41, 5.74) is 5.93. The number of nitrogens with two attached hydrogens (primary N) is 1. The Balaban J connectivity index is 1.55. The maximum Gasteiger partial charge on any atom is 0.351 e. The van der Waals surface area contributed by atoms with Gasteiger partial charge in [0.05, 0.1) is 0 Å². The normalized spacial score (nSPS) is 16.1. The molecule has 3 rings (SSSR count). The third-order valence-corrected chi connectivity index (χ3v) is 3.87. The highest BCUT2D eigenvalue weighted by molar-refractivity contribution is 5.97. The third kappa shape index (κ3) is 4.35. The van der Waals surface area contributed by atoms with Gasteiger partial charge in [-0.1, -0.05) is 12.1 Å². The van der Waals surface area contributed by atoms with Crippen molar-refractivity contribution in [3.8, 4) is 11.5 Å². The molecule has 0 saturated carbocycles.